The van der Waals surface area contributed by atoms with Crippen molar-refractivity contribution in [2.24, 2.45) is 5.92 Å². The lowest BCUT2D eigenvalue weighted by molar-refractivity contribution is -0.137. The number of carboxylic acids is 1. The Hall–Kier alpha value is -2.76. The molecule has 1 aliphatic carbocycles. The normalized spacial score (nSPS) is 18.2. The summed E-state index contributed by atoms with van der Waals surface area (Å²) in [6.07, 6.45) is 3.73. The zero-order valence-electron chi connectivity index (χ0n) is 14.9. The largest absolute Gasteiger partial charge is 0.496 e. The average molecular weight is 356 g/mol. The summed E-state index contributed by atoms with van der Waals surface area (Å²) in [5.74, 6) is 2.14. The Bertz CT molecular complexity index is 736. The molecule has 6 nitrogen and oxygen atoms in total. The molecule has 0 saturated heterocycles. The number of carbonyl (C=O) groups is 1. The van der Waals surface area contributed by atoms with Gasteiger partial charge in [0.25, 0.3) is 0 Å². The monoisotopic (exact) mass is 356 g/mol. The highest BCUT2D eigenvalue weighted by molar-refractivity contribution is 5.68. The second-order valence-corrected chi connectivity index (χ2v) is 6.45. The third-order valence-corrected chi connectivity index (χ3v) is 4.52. The minimum Gasteiger partial charge on any atom is -0.496 e. The topological polar surface area (TPSA) is 80.7 Å². The molecule has 0 aliphatic heterocycles. The summed E-state index contributed by atoms with van der Waals surface area (Å²) < 4.78 is 11.3. The molecule has 1 aliphatic rings. The van der Waals surface area contributed by atoms with Gasteiger partial charge in [0.05, 0.1) is 13.7 Å². The lowest BCUT2D eigenvalue weighted by atomic mass is 10.1. The Morgan fingerprint density at radius 1 is 1.35 bits per heavy atom. The molecule has 0 amide bonds. The molecule has 26 heavy (non-hydrogen) atoms. The summed E-state index contributed by atoms with van der Waals surface area (Å²) in [6.45, 7) is 1.37. The molecule has 1 aromatic heterocycles. The Labute approximate surface area is 153 Å². The van der Waals surface area contributed by atoms with E-state index in [0.29, 0.717) is 6.61 Å². The lowest BCUT2D eigenvalue weighted by Crippen LogP contribution is -2.08. The van der Waals surface area contributed by atoms with Crippen molar-refractivity contribution in [1.82, 2.24) is 4.98 Å². The third-order valence-electron chi connectivity index (χ3n) is 4.52. The first-order valence-corrected chi connectivity index (χ1v) is 8.85. The summed E-state index contributed by atoms with van der Waals surface area (Å²) in [6, 6.07) is 11.6. The molecule has 2 unspecified atom stereocenters. The number of aliphatic carboxylic acids is 1. The Balaban J connectivity index is 1.46. The van der Waals surface area contributed by atoms with Gasteiger partial charge in [-0.1, -0.05) is 12.1 Å². The first kappa shape index (κ1) is 18.0. The van der Waals surface area contributed by atoms with E-state index < -0.39 is 5.97 Å². The molecule has 2 aromatic rings. The smallest absolute Gasteiger partial charge is 0.303 e. The Kier molecular flexibility index (Phi) is 5.94. The molecule has 138 valence electrons. The van der Waals surface area contributed by atoms with Crippen LogP contribution in [0.5, 0.6) is 11.5 Å². The molecule has 2 atom stereocenters. The van der Waals surface area contributed by atoms with Crippen molar-refractivity contribution in [3.05, 3.63) is 48.2 Å². The number of nitrogens with zero attached hydrogens (tertiary/aromatic N) is 1. The highest BCUT2D eigenvalue weighted by Gasteiger charge is 2.41. The lowest BCUT2D eigenvalue weighted by Gasteiger charge is -2.12. The molecular formula is C20H24N2O4. The van der Waals surface area contributed by atoms with Crippen molar-refractivity contribution in [3.63, 3.8) is 0 Å². The van der Waals surface area contributed by atoms with Crippen LogP contribution in [0.3, 0.4) is 0 Å². The van der Waals surface area contributed by atoms with Gasteiger partial charge in [0.2, 0.25) is 0 Å². The van der Waals surface area contributed by atoms with Gasteiger partial charge < -0.3 is 19.9 Å². The van der Waals surface area contributed by atoms with Crippen LogP contribution in [-0.2, 0) is 4.79 Å². The second-order valence-electron chi connectivity index (χ2n) is 6.45. The van der Waals surface area contributed by atoms with Crippen LogP contribution in [0.25, 0.3) is 0 Å². The standard InChI is InChI=1S/C20H24N2O4/c1-25-18-13-15(6-7-16(18)17-11-14(17)12-20(23)24)26-10-4-9-22-19-5-2-3-8-21-19/h2-3,5-8,13-14,17H,4,9-12H2,1H3,(H,21,22)(H,23,24). The maximum Gasteiger partial charge on any atom is 0.303 e. The molecule has 0 spiro atoms. The van der Waals surface area contributed by atoms with Crippen LogP contribution in [-0.4, -0.2) is 36.3 Å². The van der Waals surface area contributed by atoms with Gasteiger partial charge >= 0.3 is 5.97 Å². The van der Waals surface area contributed by atoms with E-state index in [9.17, 15) is 4.79 Å². The van der Waals surface area contributed by atoms with E-state index in [4.69, 9.17) is 14.6 Å². The molecule has 6 heteroatoms. The summed E-state index contributed by atoms with van der Waals surface area (Å²) in [5, 5.41) is 12.2. The van der Waals surface area contributed by atoms with E-state index in [2.05, 4.69) is 10.3 Å². The molecular weight excluding hydrogens is 332 g/mol. The fraction of sp³-hybridized carbons (Fsp3) is 0.400. The second kappa shape index (κ2) is 8.56. The zero-order chi connectivity index (χ0) is 18.4. The molecule has 1 aromatic carbocycles. The van der Waals surface area contributed by atoms with Crippen LogP contribution in [0.15, 0.2) is 42.6 Å². The molecule has 1 saturated carbocycles. The van der Waals surface area contributed by atoms with Gasteiger partial charge in [0, 0.05) is 25.2 Å². The van der Waals surface area contributed by atoms with Crippen LogP contribution >= 0.6 is 0 Å². The quantitative estimate of drug-likeness (QED) is 0.634. The minimum atomic E-state index is -0.740. The molecule has 0 radical (unpaired) electrons. The number of pyridine rings is 1. The molecule has 1 fully saturated rings. The van der Waals surface area contributed by atoms with Crippen molar-refractivity contribution in [1.29, 1.82) is 0 Å². The number of aromatic nitrogens is 1. The fourth-order valence-corrected chi connectivity index (χ4v) is 3.11. The van der Waals surface area contributed by atoms with Crippen molar-refractivity contribution >= 4 is 11.8 Å². The zero-order valence-corrected chi connectivity index (χ0v) is 14.9. The number of carboxylic acid groups (broad SMARTS) is 1. The summed E-state index contributed by atoms with van der Waals surface area (Å²) in [5.41, 5.74) is 1.07. The van der Waals surface area contributed by atoms with Crippen LogP contribution in [0.1, 0.15) is 30.7 Å². The summed E-state index contributed by atoms with van der Waals surface area (Å²) >= 11 is 0. The van der Waals surface area contributed by atoms with E-state index in [-0.39, 0.29) is 18.3 Å². The third kappa shape index (κ3) is 4.88. The maximum atomic E-state index is 10.8. The van der Waals surface area contributed by atoms with E-state index >= 15 is 0 Å². The van der Waals surface area contributed by atoms with Crippen LogP contribution in [0.2, 0.25) is 0 Å². The highest BCUT2D eigenvalue weighted by atomic mass is 16.5. The highest BCUT2D eigenvalue weighted by Crippen LogP contribution is 2.52. The molecule has 3 rings (SSSR count). The number of methoxy groups -OCH3 is 1. The minimum absolute atomic E-state index is 0.214. The summed E-state index contributed by atoms with van der Waals surface area (Å²) in [4.78, 5) is 15.0. The molecule has 2 N–H and O–H groups in total. The van der Waals surface area contributed by atoms with Gasteiger partial charge in [-0.05, 0) is 48.4 Å². The number of hydrogen-bond acceptors (Lipinski definition) is 5. The van der Waals surface area contributed by atoms with Crippen LogP contribution < -0.4 is 14.8 Å². The van der Waals surface area contributed by atoms with Crippen molar-refractivity contribution < 1.29 is 19.4 Å². The van der Waals surface area contributed by atoms with Gasteiger partial charge in [-0.3, -0.25) is 4.79 Å². The SMILES string of the molecule is COc1cc(OCCCNc2ccccn2)ccc1C1CC1CC(=O)O. The fourth-order valence-electron chi connectivity index (χ4n) is 3.11. The number of nitrogens with one attached hydrogen (secondary N) is 1. The van der Waals surface area contributed by atoms with E-state index in [1.165, 1.54) is 0 Å². The first-order chi connectivity index (χ1) is 12.7. The van der Waals surface area contributed by atoms with Crippen LogP contribution in [0, 0.1) is 5.92 Å². The van der Waals surface area contributed by atoms with Crippen molar-refractivity contribution in [2.75, 3.05) is 25.6 Å². The molecule has 1 heterocycles. The van der Waals surface area contributed by atoms with Gasteiger partial charge in [-0.25, -0.2) is 4.98 Å². The number of rotatable bonds is 10. The molecule has 0 bridgehead atoms. The van der Waals surface area contributed by atoms with E-state index in [1.807, 2.05) is 36.4 Å². The van der Waals surface area contributed by atoms with Gasteiger partial charge in [-0.2, -0.15) is 0 Å². The number of anilines is 1. The average Bonchev–Trinajstić information content (AvgIpc) is 3.40. The van der Waals surface area contributed by atoms with Crippen LogP contribution in [0.4, 0.5) is 5.82 Å². The predicted octanol–water partition coefficient (Wildman–Crippen LogP) is 3.55. The number of hydrogen-bond donors (Lipinski definition) is 2. The number of ether oxygens (including phenoxy) is 2. The number of benzene rings is 1. The Morgan fingerprint density at radius 2 is 2.23 bits per heavy atom. The van der Waals surface area contributed by atoms with E-state index in [0.717, 1.165) is 42.3 Å². The van der Waals surface area contributed by atoms with Crippen molar-refractivity contribution in [2.45, 2.75) is 25.2 Å². The van der Waals surface area contributed by atoms with Gasteiger partial charge in [0.15, 0.2) is 0 Å². The Morgan fingerprint density at radius 3 is 2.96 bits per heavy atom. The maximum absolute atomic E-state index is 10.8. The first-order valence-electron chi connectivity index (χ1n) is 8.85. The van der Waals surface area contributed by atoms with Gasteiger partial charge in [-0.15, -0.1) is 0 Å². The van der Waals surface area contributed by atoms with Gasteiger partial charge in [0.1, 0.15) is 17.3 Å². The van der Waals surface area contributed by atoms with Crippen molar-refractivity contribution in [3.8, 4) is 11.5 Å². The predicted molar refractivity (Wildman–Crippen MR) is 98.9 cm³/mol. The van der Waals surface area contributed by atoms with E-state index in [1.54, 1.807) is 13.3 Å². The summed E-state index contributed by atoms with van der Waals surface area (Å²) in [7, 11) is 1.63.